The number of carbonyl (C=O) groups excluding carboxylic acids is 1. The Bertz CT molecular complexity index is 708. The van der Waals surface area contributed by atoms with Gasteiger partial charge in [0.1, 0.15) is 0 Å². The Morgan fingerprint density at radius 2 is 1.92 bits per heavy atom. The number of hydrogen-bond donors (Lipinski definition) is 0. The summed E-state index contributed by atoms with van der Waals surface area (Å²) in [5.41, 5.74) is 2.42. The van der Waals surface area contributed by atoms with Crippen molar-refractivity contribution in [2.75, 3.05) is 39.9 Å². The molecule has 7 nitrogen and oxygen atoms in total. The van der Waals surface area contributed by atoms with Crippen molar-refractivity contribution < 1.29 is 9.53 Å². The van der Waals surface area contributed by atoms with Gasteiger partial charge in [0.05, 0.1) is 29.7 Å². The molecule has 3 rings (SSSR count). The number of amides is 1. The molecule has 25 heavy (non-hydrogen) atoms. The summed E-state index contributed by atoms with van der Waals surface area (Å²) in [6.07, 6.45) is 5.11. The first-order valence-corrected chi connectivity index (χ1v) is 8.59. The summed E-state index contributed by atoms with van der Waals surface area (Å²) < 4.78 is 7.01. The van der Waals surface area contributed by atoms with E-state index in [9.17, 15) is 4.79 Å². The first-order valence-electron chi connectivity index (χ1n) is 8.59. The fourth-order valence-electron chi connectivity index (χ4n) is 3.25. The number of pyridine rings is 1. The molecule has 1 fully saturated rings. The lowest BCUT2D eigenvalue weighted by molar-refractivity contribution is 0.0448. The fourth-order valence-corrected chi connectivity index (χ4v) is 3.25. The second kappa shape index (κ2) is 7.76. The minimum Gasteiger partial charge on any atom is -0.383 e. The van der Waals surface area contributed by atoms with Crippen LogP contribution in [0.3, 0.4) is 0 Å². The van der Waals surface area contributed by atoms with Crippen molar-refractivity contribution in [3.63, 3.8) is 0 Å². The van der Waals surface area contributed by atoms with E-state index in [-0.39, 0.29) is 5.91 Å². The van der Waals surface area contributed by atoms with Gasteiger partial charge in [-0.15, -0.1) is 0 Å². The van der Waals surface area contributed by atoms with Crippen LogP contribution in [0.15, 0.2) is 30.7 Å². The summed E-state index contributed by atoms with van der Waals surface area (Å²) in [7, 11) is 1.72. The number of ether oxygens (including phenoxy) is 1. The normalized spacial score (nSPS) is 16.8. The van der Waals surface area contributed by atoms with Crippen LogP contribution in [0.25, 0.3) is 5.69 Å². The van der Waals surface area contributed by atoms with Crippen molar-refractivity contribution in [1.82, 2.24) is 24.6 Å². The van der Waals surface area contributed by atoms with E-state index in [1.807, 2.05) is 24.0 Å². The third-order valence-electron chi connectivity index (χ3n) is 4.78. The van der Waals surface area contributed by atoms with E-state index in [2.05, 4.69) is 21.9 Å². The standard InChI is InChI=1S/C18H25N5O2/c1-14(13-25-3)21-8-10-22(11-9-21)18(24)17-12-20-23(15(17)2)16-4-6-19-7-5-16/h4-7,12,14H,8-11,13H2,1-3H3/t14-/m0/s1. The van der Waals surface area contributed by atoms with Crippen LogP contribution in [0.2, 0.25) is 0 Å². The van der Waals surface area contributed by atoms with Crippen LogP contribution in [0.5, 0.6) is 0 Å². The molecule has 1 amide bonds. The zero-order valence-corrected chi connectivity index (χ0v) is 15.1. The second-order valence-corrected chi connectivity index (χ2v) is 6.39. The average molecular weight is 343 g/mol. The summed E-state index contributed by atoms with van der Waals surface area (Å²) in [5, 5.41) is 4.38. The maximum atomic E-state index is 12.9. The summed E-state index contributed by atoms with van der Waals surface area (Å²) in [6.45, 7) is 7.99. The van der Waals surface area contributed by atoms with Crippen molar-refractivity contribution in [1.29, 1.82) is 0 Å². The molecule has 0 saturated carbocycles. The molecule has 0 unspecified atom stereocenters. The highest BCUT2D eigenvalue weighted by atomic mass is 16.5. The highest BCUT2D eigenvalue weighted by Gasteiger charge is 2.26. The van der Waals surface area contributed by atoms with Crippen LogP contribution in [0, 0.1) is 6.92 Å². The van der Waals surface area contributed by atoms with Gasteiger partial charge in [-0.25, -0.2) is 4.68 Å². The molecule has 134 valence electrons. The number of hydrogen-bond acceptors (Lipinski definition) is 5. The van der Waals surface area contributed by atoms with Gasteiger partial charge < -0.3 is 9.64 Å². The molecule has 3 heterocycles. The smallest absolute Gasteiger partial charge is 0.257 e. The first kappa shape index (κ1) is 17.6. The average Bonchev–Trinajstić information content (AvgIpc) is 3.03. The van der Waals surface area contributed by atoms with E-state index in [4.69, 9.17) is 4.74 Å². The molecule has 1 saturated heterocycles. The number of rotatable bonds is 5. The van der Waals surface area contributed by atoms with Crippen LogP contribution < -0.4 is 0 Å². The monoisotopic (exact) mass is 343 g/mol. The molecule has 0 aromatic carbocycles. The van der Waals surface area contributed by atoms with Gasteiger partial charge in [-0.3, -0.25) is 14.7 Å². The highest BCUT2D eigenvalue weighted by molar-refractivity contribution is 5.95. The van der Waals surface area contributed by atoms with E-state index >= 15 is 0 Å². The maximum absolute atomic E-state index is 12.9. The van der Waals surface area contributed by atoms with Gasteiger partial charge in [0.2, 0.25) is 0 Å². The highest BCUT2D eigenvalue weighted by Crippen LogP contribution is 2.17. The Morgan fingerprint density at radius 3 is 2.56 bits per heavy atom. The van der Waals surface area contributed by atoms with Crippen molar-refractivity contribution in [2.24, 2.45) is 0 Å². The van der Waals surface area contributed by atoms with Gasteiger partial charge in [0.25, 0.3) is 5.91 Å². The predicted octanol–water partition coefficient (Wildman–Crippen LogP) is 1.37. The summed E-state index contributed by atoms with van der Waals surface area (Å²) >= 11 is 0. The van der Waals surface area contributed by atoms with E-state index in [0.717, 1.165) is 37.6 Å². The van der Waals surface area contributed by atoms with Crippen LogP contribution >= 0.6 is 0 Å². The fraction of sp³-hybridized carbons (Fsp3) is 0.500. The number of carbonyl (C=O) groups is 1. The van der Waals surface area contributed by atoms with E-state index in [0.29, 0.717) is 18.2 Å². The third-order valence-corrected chi connectivity index (χ3v) is 4.78. The van der Waals surface area contributed by atoms with Crippen LogP contribution in [-0.4, -0.2) is 76.4 Å². The van der Waals surface area contributed by atoms with Gasteiger partial charge in [-0.2, -0.15) is 5.10 Å². The quantitative estimate of drug-likeness (QED) is 0.820. The Labute approximate surface area is 148 Å². The molecule has 1 aliphatic heterocycles. The van der Waals surface area contributed by atoms with Gasteiger partial charge >= 0.3 is 0 Å². The predicted molar refractivity (Wildman–Crippen MR) is 94.9 cm³/mol. The molecular weight excluding hydrogens is 318 g/mol. The molecule has 0 aliphatic carbocycles. The van der Waals surface area contributed by atoms with E-state index < -0.39 is 0 Å². The summed E-state index contributed by atoms with van der Waals surface area (Å²) in [6, 6.07) is 4.13. The second-order valence-electron chi connectivity index (χ2n) is 6.39. The molecule has 2 aromatic heterocycles. The van der Waals surface area contributed by atoms with Crippen LogP contribution in [0.4, 0.5) is 0 Å². The molecule has 7 heteroatoms. The van der Waals surface area contributed by atoms with Crippen molar-refractivity contribution in [2.45, 2.75) is 19.9 Å². The zero-order valence-electron chi connectivity index (χ0n) is 15.1. The van der Waals surface area contributed by atoms with E-state index in [1.165, 1.54) is 0 Å². The largest absolute Gasteiger partial charge is 0.383 e. The summed E-state index contributed by atoms with van der Waals surface area (Å²) in [5.74, 6) is 0.0526. The van der Waals surface area contributed by atoms with Crippen molar-refractivity contribution in [3.8, 4) is 5.69 Å². The molecule has 0 spiro atoms. The lowest BCUT2D eigenvalue weighted by atomic mass is 10.2. The third kappa shape index (κ3) is 3.72. The van der Waals surface area contributed by atoms with Crippen molar-refractivity contribution in [3.05, 3.63) is 42.0 Å². The minimum absolute atomic E-state index is 0.0526. The zero-order chi connectivity index (χ0) is 17.8. The minimum atomic E-state index is 0.0526. The molecule has 0 radical (unpaired) electrons. The maximum Gasteiger partial charge on any atom is 0.257 e. The molecule has 0 bridgehead atoms. The number of piperazine rings is 1. The lowest BCUT2D eigenvalue weighted by Gasteiger charge is -2.37. The Kier molecular flexibility index (Phi) is 5.45. The Morgan fingerprint density at radius 1 is 1.24 bits per heavy atom. The number of nitrogens with zero attached hydrogens (tertiary/aromatic N) is 5. The van der Waals surface area contributed by atoms with Gasteiger partial charge in [0, 0.05) is 51.7 Å². The van der Waals surface area contributed by atoms with E-state index in [1.54, 1.807) is 30.4 Å². The Balaban J connectivity index is 1.68. The molecular formula is C18H25N5O2. The van der Waals surface area contributed by atoms with Crippen molar-refractivity contribution >= 4 is 5.91 Å². The number of methoxy groups -OCH3 is 1. The lowest BCUT2D eigenvalue weighted by Crippen LogP contribution is -2.52. The number of aromatic nitrogens is 3. The molecule has 1 atom stereocenters. The van der Waals surface area contributed by atoms with Crippen LogP contribution in [-0.2, 0) is 4.74 Å². The molecule has 1 aliphatic rings. The van der Waals surface area contributed by atoms with Gasteiger partial charge in [0.15, 0.2) is 0 Å². The van der Waals surface area contributed by atoms with Gasteiger partial charge in [-0.05, 0) is 26.0 Å². The molecule has 2 aromatic rings. The van der Waals surface area contributed by atoms with Crippen LogP contribution in [0.1, 0.15) is 23.0 Å². The topological polar surface area (TPSA) is 63.5 Å². The molecule has 0 N–H and O–H groups in total. The first-order chi connectivity index (χ1) is 12.1. The Hall–Kier alpha value is -2.25. The van der Waals surface area contributed by atoms with Gasteiger partial charge in [-0.1, -0.05) is 0 Å². The SMILES string of the molecule is COC[C@H](C)N1CCN(C(=O)c2cnn(-c3ccncc3)c2C)CC1. The summed E-state index contributed by atoms with van der Waals surface area (Å²) in [4.78, 5) is 21.2.